The molecule has 0 aromatic rings. The number of amides is 1. The summed E-state index contributed by atoms with van der Waals surface area (Å²) in [6, 6.07) is 0. The molecule has 5 nitrogen and oxygen atoms in total. The molecule has 0 spiro atoms. The number of esters is 1. The van der Waals surface area contributed by atoms with E-state index in [9.17, 15) is 9.59 Å². The maximum absolute atomic E-state index is 11.2. The first kappa shape index (κ1) is 13.9. The molecule has 0 saturated carbocycles. The van der Waals surface area contributed by atoms with E-state index >= 15 is 0 Å². The minimum atomic E-state index is -0.447. The van der Waals surface area contributed by atoms with Gasteiger partial charge in [0.25, 0.3) is 0 Å². The lowest BCUT2D eigenvalue weighted by Crippen LogP contribution is -2.33. The largest absolute Gasteiger partial charge is 0.460 e. The van der Waals surface area contributed by atoms with E-state index in [1.807, 2.05) is 20.8 Å². The van der Waals surface area contributed by atoms with Crippen LogP contribution >= 0.6 is 0 Å². The van der Waals surface area contributed by atoms with Gasteiger partial charge in [-0.2, -0.15) is 0 Å². The smallest absolute Gasteiger partial charge is 0.307 e. The van der Waals surface area contributed by atoms with Crippen molar-refractivity contribution in [3.63, 3.8) is 0 Å². The van der Waals surface area contributed by atoms with Crippen LogP contribution in [-0.4, -0.2) is 37.6 Å². The summed E-state index contributed by atoms with van der Waals surface area (Å²) in [5.41, 5.74) is -0.447. The molecule has 0 bridgehead atoms. The summed E-state index contributed by atoms with van der Waals surface area (Å²) in [4.78, 5) is 22.0. The summed E-state index contributed by atoms with van der Waals surface area (Å²) < 4.78 is 5.09. The zero-order valence-electron chi connectivity index (χ0n) is 9.85. The minimum Gasteiger partial charge on any atom is -0.460 e. The van der Waals surface area contributed by atoms with E-state index in [2.05, 4.69) is 10.6 Å². The molecule has 2 N–H and O–H groups in total. The molecule has 0 saturated heterocycles. The SMILES string of the molecule is CNC(=O)CNCCC(=O)OC(C)(C)C. The highest BCUT2D eigenvalue weighted by molar-refractivity contribution is 5.77. The van der Waals surface area contributed by atoms with Gasteiger partial charge >= 0.3 is 5.97 Å². The second-order valence-corrected chi connectivity index (χ2v) is 4.19. The van der Waals surface area contributed by atoms with E-state index in [0.29, 0.717) is 6.54 Å². The van der Waals surface area contributed by atoms with Crippen molar-refractivity contribution in [2.75, 3.05) is 20.1 Å². The van der Waals surface area contributed by atoms with Crippen LogP contribution in [0.2, 0.25) is 0 Å². The van der Waals surface area contributed by atoms with Crippen LogP contribution in [0, 0.1) is 0 Å². The average molecular weight is 216 g/mol. The van der Waals surface area contributed by atoms with Crippen LogP contribution < -0.4 is 10.6 Å². The van der Waals surface area contributed by atoms with E-state index in [4.69, 9.17) is 4.74 Å². The van der Waals surface area contributed by atoms with Crippen LogP contribution in [0.25, 0.3) is 0 Å². The third kappa shape index (κ3) is 9.21. The van der Waals surface area contributed by atoms with Gasteiger partial charge in [0, 0.05) is 13.6 Å². The molecule has 0 aromatic carbocycles. The summed E-state index contributed by atoms with van der Waals surface area (Å²) in [7, 11) is 1.57. The van der Waals surface area contributed by atoms with Crippen LogP contribution in [0.1, 0.15) is 27.2 Å². The van der Waals surface area contributed by atoms with Gasteiger partial charge in [0.1, 0.15) is 5.60 Å². The van der Waals surface area contributed by atoms with Gasteiger partial charge < -0.3 is 15.4 Å². The molecule has 0 atom stereocenters. The first-order valence-corrected chi connectivity index (χ1v) is 4.98. The summed E-state index contributed by atoms with van der Waals surface area (Å²) in [5, 5.41) is 5.31. The van der Waals surface area contributed by atoms with Gasteiger partial charge in [0.05, 0.1) is 13.0 Å². The molecule has 0 radical (unpaired) electrons. The third-order valence-electron chi connectivity index (χ3n) is 1.49. The molecular weight excluding hydrogens is 196 g/mol. The van der Waals surface area contributed by atoms with Crippen molar-refractivity contribution in [2.24, 2.45) is 0 Å². The maximum atomic E-state index is 11.2. The molecule has 5 heteroatoms. The molecule has 0 rings (SSSR count). The predicted molar refractivity (Wildman–Crippen MR) is 57.4 cm³/mol. The summed E-state index contributed by atoms with van der Waals surface area (Å²) >= 11 is 0. The van der Waals surface area contributed by atoms with Gasteiger partial charge in [-0.25, -0.2) is 0 Å². The number of carbonyl (C=O) groups is 2. The Kier molecular flexibility index (Phi) is 5.93. The Bertz CT molecular complexity index is 221. The molecular formula is C10H20N2O3. The molecule has 0 fully saturated rings. The fourth-order valence-corrected chi connectivity index (χ4v) is 0.873. The van der Waals surface area contributed by atoms with Crippen molar-refractivity contribution in [1.82, 2.24) is 10.6 Å². The van der Waals surface area contributed by atoms with Crippen LogP contribution in [0.15, 0.2) is 0 Å². The Morgan fingerprint density at radius 2 is 1.87 bits per heavy atom. The normalized spacial score (nSPS) is 10.9. The Morgan fingerprint density at radius 3 is 2.33 bits per heavy atom. The fourth-order valence-electron chi connectivity index (χ4n) is 0.873. The number of hydrogen-bond acceptors (Lipinski definition) is 4. The lowest BCUT2D eigenvalue weighted by Gasteiger charge is -2.19. The second kappa shape index (κ2) is 6.40. The van der Waals surface area contributed by atoms with Gasteiger partial charge in [0.2, 0.25) is 5.91 Å². The highest BCUT2D eigenvalue weighted by Crippen LogP contribution is 2.07. The molecule has 88 valence electrons. The zero-order chi connectivity index (χ0) is 11.9. The van der Waals surface area contributed by atoms with Gasteiger partial charge in [-0.05, 0) is 20.8 Å². The van der Waals surface area contributed by atoms with Gasteiger partial charge in [-0.1, -0.05) is 0 Å². The Hall–Kier alpha value is -1.10. The average Bonchev–Trinajstić information content (AvgIpc) is 2.09. The van der Waals surface area contributed by atoms with Crippen molar-refractivity contribution >= 4 is 11.9 Å². The van der Waals surface area contributed by atoms with E-state index in [0.717, 1.165) is 0 Å². The van der Waals surface area contributed by atoms with Crippen molar-refractivity contribution in [2.45, 2.75) is 32.8 Å². The van der Waals surface area contributed by atoms with Crippen LogP contribution in [-0.2, 0) is 14.3 Å². The first-order chi connectivity index (χ1) is 6.85. The number of carbonyl (C=O) groups excluding carboxylic acids is 2. The molecule has 1 amide bonds. The lowest BCUT2D eigenvalue weighted by atomic mass is 10.2. The van der Waals surface area contributed by atoms with Crippen LogP contribution in [0.5, 0.6) is 0 Å². The molecule has 0 heterocycles. The molecule has 0 aliphatic carbocycles. The van der Waals surface area contributed by atoms with E-state index in [1.54, 1.807) is 7.05 Å². The maximum Gasteiger partial charge on any atom is 0.307 e. The van der Waals surface area contributed by atoms with Crippen molar-refractivity contribution in [3.05, 3.63) is 0 Å². The highest BCUT2D eigenvalue weighted by Gasteiger charge is 2.15. The second-order valence-electron chi connectivity index (χ2n) is 4.19. The van der Waals surface area contributed by atoms with Gasteiger partial charge in [-0.15, -0.1) is 0 Å². The van der Waals surface area contributed by atoms with Gasteiger partial charge in [-0.3, -0.25) is 9.59 Å². The van der Waals surface area contributed by atoms with Crippen molar-refractivity contribution in [1.29, 1.82) is 0 Å². The van der Waals surface area contributed by atoms with E-state index in [-0.39, 0.29) is 24.8 Å². The molecule has 0 aliphatic heterocycles. The first-order valence-electron chi connectivity index (χ1n) is 4.98. The lowest BCUT2D eigenvalue weighted by molar-refractivity contribution is -0.154. The Labute approximate surface area is 90.6 Å². The predicted octanol–water partition coefficient (Wildman–Crippen LogP) is 0.0538. The summed E-state index contributed by atoms with van der Waals surface area (Å²) in [6.07, 6.45) is 0.272. The number of ether oxygens (including phenoxy) is 1. The van der Waals surface area contributed by atoms with E-state index in [1.165, 1.54) is 0 Å². The number of nitrogens with one attached hydrogen (secondary N) is 2. The monoisotopic (exact) mass is 216 g/mol. The van der Waals surface area contributed by atoms with E-state index < -0.39 is 5.60 Å². The molecule has 15 heavy (non-hydrogen) atoms. The topological polar surface area (TPSA) is 67.4 Å². The van der Waals surface area contributed by atoms with Gasteiger partial charge in [0.15, 0.2) is 0 Å². The fraction of sp³-hybridized carbons (Fsp3) is 0.800. The standard InChI is InChI=1S/C10H20N2O3/c1-10(2,3)15-9(14)5-6-12-7-8(13)11-4/h12H,5-7H2,1-4H3,(H,11,13). The van der Waals surface area contributed by atoms with Crippen molar-refractivity contribution in [3.8, 4) is 0 Å². The Morgan fingerprint density at radius 1 is 1.27 bits per heavy atom. The summed E-state index contributed by atoms with van der Waals surface area (Å²) in [5.74, 6) is -0.355. The minimum absolute atomic E-state index is 0.0980. The molecule has 0 aliphatic rings. The number of likely N-dealkylation sites (N-methyl/N-ethyl adjacent to an activating group) is 1. The third-order valence-corrected chi connectivity index (χ3v) is 1.49. The quantitative estimate of drug-likeness (QED) is 0.503. The molecule has 0 aromatic heterocycles. The van der Waals surface area contributed by atoms with Crippen molar-refractivity contribution < 1.29 is 14.3 Å². The number of rotatable bonds is 5. The van der Waals surface area contributed by atoms with Crippen LogP contribution in [0.4, 0.5) is 0 Å². The van der Waals surface area contributed by atoms with Crippen LogP contribution in [0.3, 0.4) is 0 Å². The molecule has 0 unspecified atom stereocenters. The summed E-state index contributed by atoms with van der Waals surface area (Å²) in [6.45, 7) is 6.14. The zero-order valence-corrected chi connectivity index (χ0v) is 9.85. The highest BCUT2D eigenvalue weighted by atomic mass is 16.6. The Balaban J connectivity index is 3.52. The number of hydrogen-bond donors (Lipinski definition) is 2.